The highest BCUT2D eigenvalue weighted by Gasteiger charge is 2.22. The minimum atomic E-state index is 0.904. The van der Waals surface area contributed by atoms with E-state index in [9.17, 15) is 0 Å². The molecule has 88 valence electrons. The minimum absolute atomic E-state index is 0.904. The maximum Gasteiger partial charge on any atom is -0.0233 e. The monoisotopic (exact) mass is 216 g/mol. The van der Waals surface area contributed by atoms with Crippen molar-refractivity contribution >= 4 is 0 Å². The molecule has 0 unspecified atom stereocenters. The van der Waals surface area contributed by atoms with E-state index in [1.807, 2.05) is 0 Å². The van der Waals surface area contributed by atoms with E-state index in [1.165, 1.54) is 51.4 Å². The van der Waals surface area contributed by atoms with Gasteiger partial charge in [0, 0.05) is 0 Å². The normalized spacial score (nSPS) is 43.0. The van der Waals surface area contributed by atoms with Gasteiger partial charge in [0.05, 0.1) is 0 Å². The van der Waals surface area contributed by atoms with Gasteiger partial charge in [0.25, 0.3) is 0 Å². The lowest BCUT2D eigenvalue weighted by atomic mass is 9.76. The van der Waals surface area contributed by atoms with E-state index >= 15 is 0 Å². The van der Waals surface area contributed by atoms with Crippen LogP contribution in [0.5, 0.6) is 0 Å². The van der Waals surface area contributed by atoms with Gasteiger partial charge in [-0.1, -0.05) is 24.3 Å². The second kappa shape index (κ2) is 4.77. The predicted molar refractivity (Wildman–Crippen MR) is 69.2 cm³/mol. The molecule has 1 fully saturated rings. The van der Waals surface area contributed by atoms with Crippen LogP contribution in [-0.4, -0.2) is 0 Å². The molecule has 0 aliphatic heterocycles. The Kier molecular flexibility index (Phi) is 3.17. The Morgan fingerprint density at radius 2 is 0.562 bits per heavy atom. The fourth-order valence-corrected chi connectivity index (χ4v) is 3.69. The van der Waals surface area contributed by atoms with Gasteiger partial charge in [-0.15, -0.1) is 0 Å². The summed E-state index contributed by atoms with van der Waals surface area (Å²) < 4.78 is 0. The van der Waals surface area contributed by atoms with Crippen molar-refractivity contribution in [3.05, 3.63) is 24.3 Å². The largest absolute Gasteiger partial charge is 0.0851 e. The van der Waals surface area contributed by atoms with Crippen LogP contribution in [0.3, 0.4) is 0 Å². The Labute approximate surface area is 99.8 Å². The lowest BCUT2D eigenvalue weighted by molar-refractivity contribution is 0.329. The summed E-state index contributed by atoms with van der Waals surface area (Å²) in [6.07, 6.45) is 21.7. The Balaban J connectivity index is 1.73. The number of rotatable bonds is 0. The summed E-state index contributed by atoms with van der Waals surface area (Å²) in [7, 11) is 0. The van der Waals surface area contributed by atoms with Gasteiger partial charge in [-0.05, 0) is 75.0 Å². The standard InChI is InChI=1S/C16H24/c1-2-14-4-3-13(1)9-10-15-5-7-16(8-6-15)12-11-14/h1-2,5,7,13-16H,3-4,6,8-12H2. The highest BCUT2D eigenvalue weighted by atomic mass is 14.3. The van der Waals surface area contributed by atoms with Crippen LogP contribution in [0.1, 0.15) is 51.4 Å². The van der Waals surface area contributed by atoms with Gasteiger partial charge in [0.2, 0.25) is 0 Å². The summed E-state index contributed by atoms with van der Waals surface area (Å²) in [5, 5.41) is 0. The third-order valence-electron chi connectivity index (χ3n) is 4.94. The molecule has 0 heteroatoms. The molecule has 4 bridgehead atoms. The van der Waals surface area contributed by atoms with Gasteiger partial charge in [-0.25, -0.2) is 0 Å². The average Bonchev–Trinajstić information content (AvgIpc) is 2.33. The van der Waals surface area contributed by atoms with Gasteiger partial charge in [-0.3, -0.25) is 0 Å². The maximum absolute atomic E-state index is 2.53. The van der Waals surface area contributed by atoms with Crippen LogP contribution in [-0.2, 0) is 0 Å². The molecule has 0 amide bonds. The SMILES string of the molecule is C1=CC2CCC1CCC1C=CC(CC1)CC2. The first-order valence-electron chi connectivity index (χ1n) is 7.27. The summed E-state index contributed by atoms with van der Waals surface area (Å²) in [6.45, 7) is 0. The maximum atomic E-state index is 2.53. The Morgan fingerprint density at radius 1 is 0.375 bits per heavy atom. The predicted octanol–water partition coefficient (Wildman–Crippen LogP) is 4.73. The number of allylic oxidation sites excluding steroid dienone is 4. The van der Waals surface area contributed by atoms with Crippen LogP contribution in [0.4, 0.5) is 0 Å². The van der Waals surface area contributed by atoms with Crippen molar-refractivity contribution in [3.8, 4) is 0 Å². The summed E-state index contributed by atoms with van der Waals surface area (Å²) in [5.41, 5.74) is 0. The number of hydrogen-bond donors (Lipinski definition) is 0. The van der Waals surface area contributed by atoms with E-state index in [4.69, 9.17) is 0 Å². The fourth-order valence-electron chi connectivity index (χ4n) is 3.69. The highest BCUT2D eigenvalue weighted by molar-refractivity contribution is 5.03. The zero-order valence-corrected chi connectivity index (χ0v) is 10.3. The summed E-state index contributed by atoms with van der Waals surface area (Å²) in [4.78, 5) is 0. The molecule has 0 saturated heterocycles. The molecule has 0 spiro atoms. The Hall–Kier alpha value is -0.520. The summed E-state index contributed by atoms with van der Waals surface area (Å²) in [6, 6.07) is 0. The average molecular weight is 216 g/mol. The van der Waals surface area contributed by atoms with Crippen molar-refractivity contribution in [1.82, 2.24) is 0 Å². The first-order chi connectivity index (χ1) is 7.90. The Morgan fingerprint density at radius 3 is 0.688 bits per heavy atom. The molecule has 0 aromatic heterocycles. The zero-order valence-electron chi connectivity index (χ0n) is 10.3. The van der Waals surface area contributed by atoms with E-state index in [-0.39, 0.29) is 0 Å². The van der Waals surface area contributed by atoms with Gasteiger partial charge < -0.3 is 0 Å². The molecular formula is C16H24. The van der Waals surface area contributed by atoms with Crippen LogP contribution < -0.4 is 0 Å². The topological polar surface area (TPSA) is 0 Å². The van der Waals surface area contributed by atoms with Gasteiger partial charge in [0.15, 0.2) is 0 Å². The molecule has 0 atom stereocenters. The van der Waals surface area contributed by atoms with Gasteiger partial charge in [-0.2, -0.15) is 0 Å². The zero-order chi connectivity index (χ0) is 10.8. The molecule has 6 aliphatic carbocycles. The molecule has 6 rings (SSSR count). The second-order valence-electron chi connectivity index (χ2n) is 6.12. The summed E-state index contributed by atoms with van der Waals surface area (Å²) >= 11 is 0. The molecular weight excluding hydrogens is 192 g/mol. The van der Waals surface area contributed by atoms with E-state index < -0.39 is 0 Å². The third kappa shape index (κ3) is 2.42. The van der Waals surface area contributed by atoms with E-state index in [0.29, 0.717) is 0 Å². The van der Waals surface area contributed by atoms with Crippen molar-refractivity contribution in [2.45, 2.75) is 51.4 Å². The van der Waals surface area contributed by atoms with Crippen molar-refractivity contribution in [2.75, 3.05) is 0 Å². The molecule has 0 radical (unpaired) electrons. The van der Waals surface area contributed by atoms with E-state index in [2.05, 4.69) is 24.3 Å². The fraction of sp³-hybridized carbons (Fsp3) is 0.750. The summed E-state index contributed by atoms with van der Waals surface area (Å²) in [5.74, 6) is 3.62. The molecule has 6 aliphatic rings. The molecule has 0 aromatic carbocycles. The smallest absolute Gasteiger partial charge is 0.0233 e. The minimum Gasteiger partial charge on any atom is -0.0851 e. The molecule has 16 heavy (non-hydrogen) atoms. The molecule has 0 aromatic rings. The van der Waals surface area contributed by atoms with Crippen molar-refractivity contribution in [2.24, 2.45) is 23.7 Å². The van der Waals surface area contributed by atoms with Crippen LogP contribution >= 0.6 is 0 Å². The molecule has 1 saturated carbocycles. The number of hydrogen-bond acceptors (Lipinski definition) is 0. The first-order valence-corrected chi connectivity index (χ1v) is 7.27. The van der Waals surface area contributed by atoms with Crippen molar-refractivity contribution in [1.29, 1.82) is 0 Å². The van der Waals surface area contributed by atoms with Crippen LogP contribution in [0.2, 0.25) is 0 Å². The van der Waals surface area contributed by atoms with Gasteiger partial charge >= 0.3 is 0 Å². The molecule has 0 N–H and O–H groups in total. The van der Waals surface area contributed by atoms with Crippen LogP contribution in [0, 0.1) is 23.7 Å². The highest BCUT2D eigenvalue weighted by Crippen LogP contribution is 2.36. The van der Waals surface area contributed by atoms with Gasteiger partial charge in [0.1, 0.15) is 0 Å². The second-order valence-corrected chi connectivity index (χ2v) is 6.12. The molecule has 0 nitrogen and oxygen atoms in total. The first kappa shape index (κ1) is 10.6. The van der Waals surface area contributed by atoms with Crippen LogP contribution in [0.25, 0.3) is 0 Å². The van der Waals surface area contributed by atoms with E-state index in [1.54, 1.807) is 0 Å². The van der Waals surface area contributed by atoms with E-state index in [0.717, 1.165) is 23.7 Å². The lowest BCUT2D eigenvalue weighted by Gasteiger charge is -2.29. The van der Waals surface area contributed by atoms with Crippen molar-refractivity contribution in [3.63, 3.8) is 0 Å². The van der Waals surface area contributed by atoms with Crippen molar-refractivity contribution < 1.29 is 0 Å². The Bertz CT molecular complexity index is 228. The van der Waals surface area contributed by atoms with Crippen LogP contribution in [0.15, 0.2) is 24.3 Å². The molecule has 0 heterocycles. The third-order valence-corrected chi connectivity index (χ3v) is 4.94. The lowest BCUT2D eigenvalue weighted by Crippen LogP contribution is -2.16. The quantitative estimate of drug-likeness (QED) is 0.514.